The van der Waals surface area contributed by atoms with E-state index in [2.05, 4.69) is 55.4 Å². The van der Waals surface area contributed by atoms with Gasteiger partial charge in [0, 0.05) is 0 Å². The summed E-state index contributed by atoms with van der Waals surface area (Å²) in [5, 5.41) is 21.1. The summed E-state index contributed by atoms with van der Waals surface area (Å²) in [6, 6.07) is 4.09. The number of carboxylic acids is 1. The van der Waals surface area contributed by atoms with E-state index in [-0.39, 0.29) is 16.7 Å². The molecule has 0 bridgehead atoms. The molecular formula is C29H50O3. The Balaban J connectivity index is 3.17. The Kier molecular flexibility index (Phi) is 11.3. The minimum absolute atomic E-state index is 0.207. The summed E-state index contributed by atoms with van der Waals surface area (Å²) in [5.74, 6) is -0.234. The highest BCUT2D eigenvalue weighted by Gasteiger charge is 2.29. The molecule has 0 spiro atoms. The zero-order chi connectivity index (χ0) is 24.5. The topological polar surface area (TPSA) is 57.5 Å². The maximum absolute atomic E-state index is 12.3. The van der Waals surface area contributed by atoms with Crippen molar-refractivity contribution in [3.8, 4) is 5.75 Å². The lowest BCUT2D eigenvalue weighted by Gasteiger charge is -2.29. The molecule has 2 atom stereocenters. The van der Waals surface area contributed by atoms with Crippen LogP contribution in [0.15, 0.2) is 12.1 Å². The van der Waals surface area contributed by atoms with Gasteiger partial charge in [-0.1, -0.05) is 119 Å². The van der Waals surface area contributed by atoms with Crippen molar-refractivity contribution < 1.29 is 15.0 Å². The summed E-state index contributed by atoms with van der Waals surface area (Å²) in [6.45, 7) is 17.0. The first-order valence-corrected chi connectivity index (χ1v) is 12.9. The van der Waals surface area contributed by atoms with Gasteiger partial charge in [0.05, 0.1) is 5.92 Å². The predicted molar refractivity (Wildman–Crippen MR) is 137 cm³/mol. The van der Waals surface area contributed by atoms with E-state index in [1.165, 1.54) is 32.1 Å². The van der Waals surface area contributed by atoms with Crippen molar-refractivity contribution in [1.29, 1.82) is 0 Å². The molecule has 0 aliphatic carbocycles. The summed E-state index contributed by atoms with van der Waals surface area (Å²) < 4.78 is 0. The second kappa shape index (κ2) is 12.7. The van der Waals surface area contributed by atoms with Crippen molar-refractivity contribution >= 4 is 5.97 Å². The highest BCUT2D eigenvalue weighted by Crippen LogP contribution is 2.40. The zero-order valence-corrected chi connectivity index (χ0v) is 22.2. The Morgan fingerprint density at radius 2 is 1.34 bits per heavy atom. The van der Waals surface area contributed by atoms with Crippen LogP contribution in [-0.4, -0.2) is 16.2 Å². The summed E-state index contributed by atoms with van der Waals surface area (Å²) in [5.41, 5.74) is 2.44. The van der Waals surface area contributed by atoms with Crippen LogP contribution in [-0.2, 0) is 22.0 Å². The molecule has 0 saturated heterocycles. The fraction of sp³-hybridized carbons (Fsp3) is 0.759. The largest absolute Gasteiger partial charge is 0.507 e. The SMILES string of the molecule is CCCCCCC(CCCC)CC(Cc1cc(C(C)(C)C)c(O)c(C(C)(C)C)c1)C(=O)O. The molecule has 1 aromatic rings. The van der Waals surface area contributed by atoms with Gasteiger partial charge in [0.1, 0.15) is 5.75 Å². The molecule has 32 heavy (non-hydrogen) atoms. The zero-order valence-electron chi connectivity index (χ0n) is 22.2. The van der Waals surface area contributed by atoms with Gasteiger partial charge in [0.15, 0.2) is 0 Å². The third-order valence-electron chi connectivity index (χ3n) is 6.67. The van der Waals surface area contributed by atoms with E-state index in [4.69, 9.17) is 0 Å². The molecule has 3 heteroatoms. The Labute approximate surface area is 198 Å². The molecule has 0 fully saturated rings. The molecular weight excluding hydrogens is 396 g/mol. The third kappa shape index (κ3) is 9.16. The van der Waals surface area contributed by atoms with Crippen LogP contribution < -0.4 is 0 Å². The van der Waals surface area contributed by atoms with Crippen LogP contribution in [0.3, 0.4) is 0 Å². The molecule has 0 aromatic heterocycles. The quantitative estimate of drug-likeness (QED) is 0.299. The molecule has 0 aliphatic heterocycles. The number of phenols is 1. The molecule has 1 rings (SSSR count). The van der Waals surface area contributed by atoms with Gasteiger partial charge in [-0.3, -0.25) is 4.79 Å². The lowest BCUT2D eigenvalue weighted by molar-refractivity contribution is -0.142. The monoisotopic (exact) mass is 446 g/mol. The number of phenolic OH excluding ortho intramolecular Hbond substituents is 1. The number of rotatable bonds is 13. The van der Waals surface area contributed by atoms with Gasteiger partial charge < -0.3 is 10.2 Å². The molecule has 2 unspecified atom stereocenters. The van der Waals surface area contributed by atoms with Gasteiger partial charge in [-0.05, 0) is 46.3 Å². The van der Waals surface area contributed by atoms with Gasteiger partial charge >= 0.3 is 5.97 Å². The first-order valence-electron chi connectivity index (χ1n) is 12.9. The molecule has 0 saturated carbocycles. The van der Waals surface area contributed by atoms with E-state index < -0.39 is 5.97 Å². The Morgan fingerprint density at radius 3 is 1.78 bits per heavy atom. The number of hydrogen-bond acceptors (Lipinski definition) is 2. The maximum atomic E-state index is 12.3. The van der Waals surface area contributed by atoms with Crippen molar-refractivity contribution in [3.63, 3.8) is 0 Å². The average Bonchev–Trinajstić information content (AvgIpc) is 2.67. The number of carbonyl (C=O) groups is 1. The standard InChI is InChI=1S/C29H50O3/c1-9-11-13-14-16-21(15-12-10-2)17-23(27(31)32)18-22-19-24(28(3,4)5)26(30)25(20-22)29(6,7)8/h19-21,23,30H,9-18H2,1-8H3,(H,31,32). The minimum atomic E-state index is -0.692. The molecule has 0 amide bonds. The third-order valence-corrected chi connectivity index (χ3v) is 6.67. The summed E-state index contributed by atoms with van der Waals surface area (Å²) in [4.78, 5) is 12.3. The van der Waals surface area contributed by atoms with Crippen LogP contribution in [0.25, 0.3) is 0 Å². The van der Waals surface area contributed by atoms with Crippen molar-refractivity contribution in [2.45, 2.75) is 130 Å². The van der Waals surface area contributed by atoms with E-state index >= 15 is 0 Å². The highest BCUT2D eigenvalue weighted by molar-refractivity contribution is 5.70. The second-order valence-corrected chi connectivity index (χ2v) is 11.9. The van der Waals surface area contributed by atoms with Crippen molar-refractivity contribution in [2.75, 3.05) is 0 Å². The van der Waals surface area contributed by atoms with Gasteiger partial charge in [-0.15, -0.1) is 0 Å². The molecule has 0 aliphatic rings. The first-order chi connectivity index (χ1) is 14.8. The summed E-state index contributed by atoms with van der Waals surface area (Å²) in [6.07, 6.45) is 10.8. The lowest BCUT2D eigenvalue weighted by atomic mass is 9.77. The van der Waals surface area contributed by atoms with Gasteiger partial charge in [0.2, 0.25) is 0 Å². The highest BCUT2D eigenvalue weighted by atomic mass is 16.4. The van der Waals surface area contributed by atoms with Gasteiger partial charge in [-0.2, -0.15) is 0 Å². The summed E-state index contributed by atoms with van der Waals surface area (Å²) >= 11 is 0. The first kappa shape index (κ1) is 28.5. The van der Waals surface area contributed by atoms with Crippen molar-refractivity contribution in [3.05, 3.63) is 28.8 Å². The summed E-state index contributed by atoms with van der Waals surface area (Å²) in [7, 11) is 0. The van der Waals surface area contributed by atoms with Crippen LogP contribution in [0.1, 0.15) is 130 Å². The smallest absolute Gasteiger partial charge is 0.306 e. The van der Waals surface area contributed by atoms with E-state index in [1.54, 1.807) is 0 Å². The predicted octanol–water partition coefficient (Wildman–Crippen LogP) is 8.40. The van der Waals surface area contributed by atoms with Crippen LogP contribution in [0.4, 0.5) is 0 Å². The fourth-order valence-electron chi connectivity index (χ4n) is 4.65. The molecule has 2 N–H and O–H groups in total. The van der Waals surface area contributed by atoms with Crippen molar-refractivity contribution in [2.24, 2.45) is 11.8 Å². The normalized spacial score (nSPS) is 14.4. The van der Waals surface area contributed by atoms with Crippen LogP contribution >= 0.6 is 0 Å². The maximum Gasteiger partial charge on any atom is 0.306 e. The molecule has 3 nitrogen and oxygen atoms in total. The van der Waals surface area contributed by atoms with E-state index in [1.807, 2.05) is 12.1 Å². The number of carboxylic acid groups (broad SMARTS) is 1. The number of aromatic hydroxyl groups is 1. The number of aliphatic carboxylic acids is 1. The van der Waals surface area contributed by atoms with Crippen molar-refractivity contribution in [1.82, 2.24) is 0 Å². The van der Waals surface area contributed by atoms with E-state index in [0.29, 0.717) is 18.1 Å². The number of benzene rings is 1. The molecule has 0 heterocycles. The molecule has 184 valence electrons. The van der Waals surface area contributed by atoms with Crippen LogP contribution in [0.2, 0.25) is 0 Å². The Bertz CT molecular complexity index is 671. The lowest BCUT2D eigenvalue weighted by Crippen LogP contribution is -2.22. The minimum Gasteiger partial charge on any atom is -0.507 e. The van der Waals surface area contributed by atoms with E-state index in [0.717, 1.165) is 42.4 Å². The second-order valence-electron chi connectivity index (χ2n) is 11.9. The Hall–Kier alpha value is -1.51. The fourth-order valence-corrected chi connectivity index (χ4v) is 4.65. The number of hydrogen-bond donors (Lipinski definition) is 2. The average molecular weight is 447 g/mol. The van der Waals surface area contributed by atoms with Gasteiger partial charge in [0.25, 0.3) is 0 Å². The number of unbranched alkanes of at least 4 members (excludes halogenated alkanes) is 4. The molecule has 1 aromatic carbocycles. The Morgan fingerprint density at radius 1 is 0.844 bits per heavy atom. The van der Waals surface area contributed by atoms with Crippen LogP contribution in [0.5, 0.6) is 5.75 Å². The van der Waals surface area contributed by atoms with E-state index in [9.17, 15) is 15.0 Å². The van der Waals surface area contributed by atoms with Gasteiger partial charge in [-0.25, -0.2) is 0 Å². The van der Waals surface area contributed by atoms with Crippen LogP contribution in [0, 0.1) is 11.8 Å². The molecule has 0 radical (unpaired) electrons.